The Morgan fingerprint density at radius 1 is 1.19 bits per heavy atom. The molecule has 8 heteroatoms. The van der Waals surface area contributed by atoms with Crippen LogP contribution in [0.3, 0.4) is 0 Å². The monoisotopic (exact) mass is 443 g/mol. The summed E-state index contributed by atoms with van der Waals surface area (Å²) in [6.07, 6.45) is 4.83. The van der Waals surface area contributed by atoms with Crippen LogP contribution in [-0.2, 0) is 6.42 Å². The molecule has 0 unspecified atom stereocenters. The maximum atomic E-state index is 4.50. The summed E-state index contributed by atoms with van der Waals surface area (Å²) in [4.78, 5) is 10.2. The van der Waals surface area contributed by atoms with Crippen LogP contribution in [0.1, 0.15) is 29.6 Å². The zero-order chi connectivity index (χ0) is 17.5. The van der Waals surface area contributed by atoms with Crippen molar-refractivity contribution in [2.75, 3.05) is 0 Å². The predicted octanol–water partition coefficient (Wildman–Crippen LogP) is 5.12. The number of hydrogen-bond acceptors (Lipinski definition) is 6. The lowest BCUT2D eigenvalue weighted by atomic mass is 10.2. The van der Waals surface area contributed by atoms with Crippen LogP contribution in [0.15, 0.2) is 56.7 Å². The van der Waals surface area contributed by atoms with Crippen LogP contribution in [0.4, 0.5) is 0 Å². The zero-order valence-corrected chi connectivity index (χ0v) is 16.9. The van der Waals surface area contributed by atoms with Gasteiger partial charge in [-0.2, -0.15) is 0 Å². The van der Waals surface area contributed by atoms with E-state index in [1.807, 2.05) is 12.1 Å². The van der Waals surface area contributed by atoms with E-state index in [1.165, 1.54) is 17.7 Å². The Morgan fingerprint density at radius 2 is 2.12 bits per heavy atom. The number of rotatable bonds is 5. The van der Waals surface area contributed by atoms with Gasteiger partial charge in [0.2, 0.25) is 0 Å². The minimum Gasteiger partial charge on any atom is -0.302 e. The van der Waals surface area contributed by atoms with E-state index in [2.05, 4.69) is 64.2 Å². The fraction of sp³-hybridized carbons (Fsp3) is 0.222. The standard InChI is InChI=1S/C18H14BrN5S2/c19-11-3-6-15-14(8-11)17(21-10-20-15)26-18-23-22-16(24(18)12-4-5-12)9-13-2-1-7-25-13/h1-3,6-8,10,12H,4-5,9H2. The molecule has 0 saturated heterocycles. The molecule has 0 radical (unpaired) electrons. The highest BCUT2D eigenvalue weighted by atomic mass is 79.9. The molecule has 1 aromatic carbocycles. The van der Waals surface area contributed by atoms with Crippen LogP contribution in [-0.4, -0.2) is 24.7 Å². The van der Waals surface area contributed by atoms with Crippen LogP contribution >= 0.6 is 39.0 Å². The molecule has 1 fully saturated rings. The lowest BCUT2D eigenvalue weighted by Crippen LogP contribution is -2.03. The van der Waals surface area contributed by atoms with Crippen molar-refractivity contribution in [3.8, 4) is 0 Å². The number of halogens is 1. The maximum absolute atomic E-state index is 4.50. The molecule has 5 rings (SSSR count). The molecule has 1 aliphatic rings. The molecule has 0 bridgehead atoms. The molecule has 0 amide bonds. The van der Waals surface area contributed by atoms with Gasteiger partial charge in [-0.15, -0.1) is 21.5 Å². The molecule has 1 saturated carbocycles. The summed E-state index contributed by atoms with van der Waals surface area (Å²) in [6.45, 7) is 0. The van der Waals surface area contributed by atoms with Gasteiger partial charge >= 0.3 is 0 Å². The van der Waals surface area contributed by atoms with Gasteiger partial charge in [-0.3, -0.25) is 0 Å². The smallest absolute Gasteiger partial charge is 0.197 e. The number of aromatic nitrogens is 5. The van der Waals surface area contributed by atoms with Crippen molar-refractivity contribution < 1.29 is 0 Å². The van der Waals surface area contributed by atoms with Crippen LogP contribution in [0.5, 0.6) is 0 Å². The molecule has 4 aromatic rings. The van der Waals surface area contributed by atoms with Gasteiger partial charge in [0, 0.05) is 27.2 Å². The molecule has 5 nitrogen and oxygen atoms in total. The molecule has 0 atom stereocenters. The van der Waals surface area contributed by atoms with Crippen LogP contribution in [0, 0.1) is 0 Å². The highest BCUT2D eigenvalue weighted by molar-refractivity contribution is 9.10. The Kier molecular flexibility index (Phi) is 4.26. The summed E-state index contributed by atoms with van der Waals surface area (Å²) in [5.74, 6) is 1.04. The van der Waals surface area contributed by atoms with Gasteiger partial charge in [0.05, 0.1) is 5.52 Å². The van der Waals surface area contributed by atoms with E-state index in [4.69, 9.17) is 0 Å². The molecule has 26 heavy (non-hydrogen) atoms. The third-order valence-corrected chi connectivity index (χ3v) is 6.66. The summed E-state index contributed by atoms with van der Waals surface area (Å²) < 4.78 is 3.32. The van der Waals surface area contributed by atoms with Crippen molar-refractivity contribution >= 4 is 49.9 Å². The average Bonchev–Trinajstić information content (AvgIpc) is 3.20. The molecule has 1 aliphatic carbocycles. The fourth-order valence-electron chi connectivity index (χ4n) is 2.94. The van der Waals surface area contributed by atoms with Crippen molar-refractivity contribution in [1.29, 1.82) is 0 Å². The van der Waals surface area contributed by atoms with E-state index < -0.39 is 0 Å². The van der Waals surface area contributed by atoms with E-state index in [0.717, 1.165) is 37.8 Å². The first kappa shape index (κ1) is 16.4. The van der Waals surface area contributed by atoms with E-state index >= 15 is 0 Å². The van der Waals surface area contributed by atoms with Crippen molar-refractivity contribution in [2.45, 2.75) is 35.5 Å². The van der Waals surface area contributed by atoms with E-state index in [-0.39, 0.29) is 0 Å². The highest BCUT2D eigenvalue weighted by Crippen LogP contribution is 2.41. The van der Waals surface area contributed by atoms with E-state index in [1.54, 1.807) is 29.4 Å². The van der Waals surface area contributed by atoms with Crippen molar-refractivity contribution in [3.63, 3.8) is 0 Å². The minimum atomic E-state index is 0.516. The molecule has 0 N–H and O–H groups in total. The Morgan fingerprint density at radius 3 is 2.92 bits per heavy atom. The van der Waals surface area contributed by atoms with Gasteiger partial charge in [-0.1, -0.05) is 22.0 Å². The highest BCUT2D eigenvalue weighted by Gasteiger charge is 2.30. The van der Waals surface area contributed by atoms with Crippen molar-refractivity contribution in [3.05, 3.63) is 57.2 Å². The molecular formula is C18H14BrN5S2. The normalized spacial score (nSPS) is 14.2. The summed E-state index contributed by atoms with van der Waals surface area (Å²) in [5.41, 5.74) is 0.932. The quantitative estimate of drug-likeness (QED) is 0.400. The summed E-state index contributed by atoms with van der Waals surface area (Å²) in [5, 5.41) is 13.9. The number of thiophene rings is 1. The molecule has 3 heterocycles. The Balaban J connectivity index is 1.53. The summed E-state index contributed by atoms with van der Waals surface area (Å²) >= 11 is 6.88. The molecule has 130 valence electrons. The first-order valence-electron chi connectivity index (χ1n) is 8.32. The average molecular weight is 444 g/mol. The number of benzene rings is 1. The van der Waals surface area contributed by atoms with Gasteiger partial charge in [0.1, 0.15) is 17.2 Å². The first-order chi connectivity index (χ1) is 12.8. The Bertz CT molecular complexity index is 1070. The minimum absolute atomic E-state index is 0.516. The third kappa shape index (κ3) is 3.17. The lowest BCUT2D eigenvalue weighted by Gasteiger charge is -2.09. The number of fused-ring (bicyclic) bond motifs is 1. The molecule has 0 spiro atoms. The topological polar surface area (TPSA) is 56.5 Å². The summed E-state index contributed by atoms with van der Waals surface area (Å²) in [7, 11) is 0. The Labute approximate surface area is 167 Å². The van der Waals surface area contributed by atoms with E-state index in [9.17, 15) is 0 Å². The second kappa shape index (κ2) is 6.75. The third-order valence-electron chi connectivity index (χ3n) is 4.31. The first-order valence-corrected chi connectivity index (χ1v) is 10.8. The van der Waals surface area contributed by atoms with Crippen LogP contribution in [0.25, 0.3) is 10.9 Å². The molecule has 3 aromatic heterocycles. The van der Waals surface area contributed by atoms with Crippen LogP contribution < -0.4 is 0 Å². The largest absolute Gasteiger partial charge is 0.302 e. The van der Waals surface area contributed by atoms with Gasteiger partial charge in [-0.25, -0.2) is 9.97 Å². The lowest BCUT2D eigenvalue weighted by molar-refractivity contribution is 0.635. The van der Waals surface area contributed by atoms with Crippen molar-refractivity contribution in [1.82, 2.24) is 24.7 Å². The van der Waals surface area contributed by atoms with Crippen molar-refractivity contribution in [2.24, 2.45) is 0 Å². The van der Waals surface area contributed by atoms with E-state index in [0.29, 0.717) is 6.04 Å². The second-order valence-corrected chi connectivity index (χ2v) is 9.10. The Hall–Kier alpha value is -1.77. The van der Waals surface area contributed by atoms with Crippen LogP contribution in [0.2, 0.25) is 0 Å². The predicted molar refractivity (Wildman–Crippen MR) is 107 cm³/mol. The maximum Gasteiger partial charge on any atom is 0.197 e. The fourth-order valence-corrected chi connectivity index (χ4v) is 4.98. The van der Waals surface area contributed by atoms with Gasteiger partial charge in [0.15, 0.2) is 5.16 Å². The number of hydrogen-bond donors (Lipinski definition) is 0. The SMILES string of the molecule is Brc1ccc2ncnc(Sc3nnc(Cc4cccs4)n3C3CC3)c2c1. The molecular weight excluding hydrogens is 430 g/mol. The zero-order valence-electron chi connectivity index (χ0n) is 13.7. The number of nitrogens with zero attached hydrogens (tertiary/aromatic N) is 5. The van der Waals surface area contributed by atoms with Gasteiger partial charge in [-0.05, 0) is 54.2 Å². The van der Waals surface area contributed by atoms with Gasteiger partial charge < -0.3 is 4.57 Å². The summed E-state index contributed by atoms with van der Waals surface area (Å²) in [6, 6.07) is 10.8. The molecule has 0 aliphatic heterocycles. The van der Waals surface area contributed by atoms with Gasteiger partial charge in [0.25, 0.3) is 0 Å². The second-order valence-electron chi connectivity index (χ2n) is 6.20.